The van der Waals surface area contributed by atoms with E-state index in [1.807, 2.05) is 0 Å². The fraction of sp³-hybridized carbons (Fsp3) is 1.00. The van der Waals surface area contributed by atoms with Crippen LogP contribution < -0.4 is 0 Å². The van der Waals surface area contributed by atoms with Crippen molar-refractivity contribution in [3.63, 3.8) is 0 Å². The molecular weight excluding hydrogens is 308 g/mol. The predicted octanol–water partition coefficient (Wildman–Crippen LogP) is 0.555. The molecule has 0 aliphatic heterocycles. The lowest BCUT2D eigenvalue weighted by molar-refractivity contribution is 0.0261. The van der Waals surface area contributed by atoms with Crippen molar-refractivity contribution in [1.82, 2.24) is 0 Å². The van der Waals surface area contributed by atoms with Crippen molar-refractivity contribution in [1.29, 1.82) is 0 Å². The van der Waals surface area contributed by atoms with Crippen LogP contribution in [0.15, 0.2) is 0 Å². The lowest BCUT2D eigenvalue weighted by Crippen LogP contribution is -2.31. The van der Waals surface area contributed by atoms with Crippen molar-refractivity contribution in [2.45, 2.75) is 24.2 Å². The molecule has 2 atom stereocenters. The van der Waals surface area contributed by atoms with Crippen molar-refractivity contribution in [3.05, 3.63) is 0 Å². The summed E-state index contributed by atoms with van der Waals surface area (Å²) < 4.78 is 99.3. The molecule has 0 aliphatic rings. The number of halogens is 4. The summed E-state index contributed by atoms with van der Waals surface area (Å²) in [6, 6.07) is 0. The summed E-state index contributed by atoms with van der Waals surface area (Å²) >= 11 is 0. The Kier molecular flexibility index (Phi) is 6.46. The Morgan fingerprint density at radius 2 is 1.17 bits per heavy atom. The van der Waals surface area contributed by atoms with Crippen molar-refractivity contribution in [3.8, 4) is 0 Å². The molecule has 2 unspecified atom stereocenters. The van der Waals surface area contributed by atoms with E-state index in [1.165, 1.54) is 0 Å². The lowest BCUT2D eigenvalue weighted by atomic mass is 10.8. The van der Waals surface area contributed by atoms with E-state index in [0.717, 1.165) is 0 Å². The van der Waals surface area contributed by atoms with Crippen molar-refractivity contribution < 1.29 is 42.8 Å². The number of hydrogen-bond acceptors (Lipinski definition) is 6. The van der Waals surface area contributed by atoms with Crippen molar-refractivity contribution in [2.24, 2.45) is 0 Å². The second kappa shape index (κ2) is 6.63. The molecule has 0 heterocycles. The molecule has 0 saturated carbocycles. The van der Waals surface area contributed by atoms with Gasteiger partial charge in [0.05, 0.1) is 0 Å². The maximum atomic E-state index is 12.5. The first-order chi connectivity index (χ1) is 8.06. The van der Waals surface area contributed by atoms with E-state index in [9.17, 15) is 34.4 Å². The topological polar surface area (TPSA) is 86.7 Å². The molecule has 0 aromatic carbocycles. The summed E-state index contributed by atoms with van der Waals surface area (Å²) in [6.45, 7) is -3.17. The molecule has 6 nitrogen and oxygen atoms in total. The van der Waals surface area contributed by atoms with Crippen LogP contribution in [-0.2, 0) is 28.6 Å². The quantitative estimate of drug-likeness (QED) is 0.369. The Hall–Kier alpha value is -0.460. The molecule has 0 radical (unpaired) electrons. The van der Waals surface area contributed by atoms with Crippen molar-refractivity contribution >= 4 is 20.2 Å². The first kappa shape index (κ1) is 17.5. The van der Waals surface area contributed by atoms with Gasteiger partial charge in [-0.1, -0.05) is 0 Å². The van der Waals surface area contributed by atoms with Crippen LogP contribution in [0.4, 0.5) is 17.6 Å². The Morgan fingerprint density at radius 1 is 0.889 bits per heavy atom. The fourth-order valence-corrected chi connectivity index (χ4v) is 2.10. The van der Waals surface area contributed by atoms with Gasteiger partial charge in [0, 0.05) is 0 Å². The smallest absolute Gasteiger partial charge is 0.247 e. The van der Waals surface area contributed by atoms with E-state index < -0.39 is 50.9 Å². The van der Waals surface area contributed by atoms with E-state index in [0.29, 0.717) is 6.92 Å². The van der Waals surface area contributed by atoms with E-state index in [1.54, 1.807) is 0 Å². The standard InChI is InChI=1S/C6H10F4O6S2/c1-4(15-17(11,12)5(9)2-7)16-18(13,14)6(10)3-8/h4-6H,2-3H2,1H3. The van der Waals surface area contributed by atoms with Gasteiger partial charge in [0.25, 0.3) is 11.0 Å². The minimum atomic E-state index is -5.06. The maximum absolute atomic E-state index is 12.5. The van der Waals surface area contributed by atoms with Gasteiger partial charge in [-0.15, -0.1) is 0 Å². The van der Waals surface area contributed by atoms with Crippen LogP contribution in [0.1, 0.15) is 6.92 Å². The minimum Gasteiger partial charge on any atom is -0.247 e. The van der Waals surface area contributed by atoms with E-state index in [4.69, 9.17) is 0 Å². The zero-order valence-electron chi connectivity index (χ0n) is 8.92. The van der Waals surface area contributed by atoms with Gasteiger partial charge >= 0.3 is 20.2 Å². The Balaban J connectivity index is 4.68. The Labute approximate surface area is 101 Å². The molecule has 0 fully saturated rings. The maximum Gasteiger partial charge on any atom is 0.305 e. The van der Waals surface area contributed by atoms with Gasteiger partial charge in [0.2, 0.25) is 0 Å². The normalized spacial score (nSPS) is 18.3. The SMILES string of the molecule is CC(OS(=O)(=O)C(F)CF)OS(=O)(=O)C(F)CF. The molecule has 110 valence electrons. The van der Waals surface area contributed by atoms with Crippen LogP contribution in [0.2, 0.25) is 0 Å². The van der Waals surface area contributed by atoms with Gasteiger partial charge in [0.1, 0.15) is 13.3 Å². The number of hydrogen-bond donors (Lipinski definition) is 0. The molecule has 0 saturated heterocycles. The third-order valence-electron chi connectivity index (χ3n) is 1.41. The van der Waals surface area contributed by atoms with Gasteiger partial charge in [-0.25, -0.2) is 25.9 Å². The first-order valence-corrected chi connectivity index (χ1v) is 7.25. The summed E-state index contributed by atoms with van der Waals surface area (Å²) in [5.41, 5.74) is -6.07. The summed E-state index contributed by atoms with van der Waals surface area (Å²) in [6.07, 6.45) is -2.16. The van der Waals surface area contributed by atoms with Crippen LogP contribution in [0.3, 0.4) is 0 Å². The zero-order valence-corrected chi connectivity index (χ0v) is 10.6. The largest absolute Gasteiger partial charge is 0.305 e. The highest BCUT2D eigenvalue weighted by atomic mass is 32.2. The zero-order chi connectivity index (χ0) is 14.6. The molecular formula is C6H10F4O6S2. The third-order valence-corrected chi connectivity index (χ3v) is 3.99. The average molecular weight is 318 g/mol. The molecule has 0 spiro atoms. The fourth-order valence-electron chi connectivity index (χ4n) is 0.669. The Morgan fingerprint density at radius 3 is 1.39 bits per heavy atom. The van der Waals surface area contributed by atoms with Gasteiger partial charge in [0.15, 0.2) is 6.29 Å². The van der Waals surface area contributed by atoms with Crippen LogP contribution in [0.25, 0.3) is 0 Å². The Bertz CT molecular complexity index is 407. The van der Waals surface area contributed by atoms with Gasteiger partial charge in [-0.05, 0) is 6.92 Å². The summed E-state index contributed by atoms with van der Waals surface area (Å²) in [5, 5.41) is 0. The minimum absolute atomic E-state index is 0.672. The third kappa shape index (κ3) is 5.04. The lowest BCUT2D eigenvalue weighted by Gasteiger charge is -2.15. The van der Waals surface area contributed by atoms with Crippen LogP contribution >= 0.6 is 0 Å². The van der Waals surface area contributed by atoms with E-state index in [-0.39, 0.29) is 0 Å². The van der Waals surface area contributed by atoms with Gasteiger partial charge in [-0.3, -0.25) is 0 Å². The number of alkyl halides is 4. The van der Waals surface area contributed by atoms with E-state index in [2.05, 4.69) is 8.37 Å². The molecule has 0 N–H and O–H groups in total. The number of rotatable bonds is 8. The summed E-state index contributed by atoms with van der Waals surface area (Å²) in [5.74, 6) is 0. The highest BCUT2D eigenvalue weighted by Gasteiger charge is 2.33. The molecule has 0 aromatic rings. The summed E-state index contributed by atoms with van der Waals surface area (Å²) in [7, 11) is -10.1. The predicted molar refractivity (Wildman–Crippen MR) is 51.2 cm³/mol. The molecule has 0 aliphatic carbocycles. The second-order valence-corrected chi connectivity index (χ2v) is 6.25. The molecule has 12 heteroatoms. The van der Waals surface area contributed by atoms with Gasteiger partial charge in [-0.2, -0.15) is 16.8 Å². The van der Waals surface area contributed by atoms with Gasteiger partial charge < -0.3 is 0 Å². The van der Waals surface area contributed by atoms with E-state index >= 15 is 0 Å². The van der Waals surface area contributed by atoms with Crippen LogP contribution in [-0.4, -0.2) is 47.5 Å². The first-order valence-electron chi connectivity index (χ1n) is 4.31. The average Bonchev–Trinajstić information content (AvgIpc) is 2.24. The highest BCUT2D eigenvalue weighted by molar-refractivity contribution is 7.87. The highest BCUT2D eigenvalue weighted by Crippen LogP contribution is 2.15. The monoisotopic (exact) mass is 318 g/mol. The molecule has 0 aromatic heterocycles. The second-order valence-electron chi connectivity index (χ2n) is 2.87. The molecule has 0 bridgehead atoms. The van der Waals surface area contributed by atoms with Crippen LogP contribution in [0, 0.1) is 0 Å². The summed E-state index contributed by atoms with van der Waals surface area (Å²) in [4.78, 5) is 0. The molecule has 18 heavy (non-hydrogen) atoms. The van der Waals surface area contributed by atoms with Crippen LogP contribution in [0.5, 0.6) is 0 Å². The van der Waals surface area contributed by atoms with Crippen molar-refractivity contribution in [2.75, 3.05) is 13.3 Å². The molecule has 0 amide bonds. The molecule has 0 rings (SSSR count).